The van der Waals surface area contributed by atoms with Crippen LogP contribution in [0.2, 0.25) is 0 Å². The van der Waals surface area contributed by atoms with Crippen LogP contribution in [0.15, 0.2) is 27.8 Å². The van der Waals surface area contributed by atoms with Crippen molar-refractivity contribution in [2.24, 2.45) is 0 Å². The molecule has 1 aromatic rings. The first kappa shape index (κ1) is 13.8. The van der Waals surface area contributed by atoms with Gasteiger partial charge in [0.15, 0.2) is 0 Å². The molecule has 98 valence electrons. The van der Waals surface area contributed by atoms with Crippen LogP contribution in [0.1, 0.15) is 0 Å². The van der Waals surface area contributed by atoms with Gasteiger partial charge in [-0.2, -0.15) is 4.31 Å². The average Bonchev–Trinajstić information content (AvgIpc) is 2.78. The number of halogens is 1. The molecule has 1 aliphatic rings. The van der Waals surface area contributed by atoms with Crippen LogP contribution in [-0.2, 0) is 14.8 Å². The second-order valence-electron chi connectivity index (χ2n) is 3.58. The zero-order valence-corrected chi connectivity index (χ0v) is 12.2. The molecule has 0 amide bonds. The number of hydrogen-bond acceptors (Lipinski definition) is 5. The Hall–Kier alpha value is -0.640. The Labute approximate surface area is 117 Å². The van der Waals surface area contributed by atoms with Crippen molar-refractivity contribution in [3.8, 4) is 0 Å². The van der Waals surface area contributed by atoms with Crippen LogP contribution in [0.4, 0.5) is 0 Å². The molecule has 0 bridgehead atoms. The van der Waals surface area contributed by atoms with Gasteiger partial charge in [0.05, 0.1) is 5.88 Å². The summed E-state index contributed by atoms with van der Waals surface area (Å²) in [5.41, 5.74) is 0. The minimum Gasteiger partial charge on any atom is -0.480 e. The third-order valence-corrected chi connectivity index (χ3v) is 5.84. The number of sulfonamides is 1. The van der Waals surface area contributed by atoms with Gasteiger partial charge in [-0.3, -0.25) is 9.78 Å². The fourth-order valence-corrected chi connectivity index (χ4v) is 5.17. The minimum absolute atomic E-state index is 0.00868. The zero-order valence-electron chi connectivity index (χ0n) is 8.98. The van der Waals surface area contributed by atoms with Gasteiger partial charge in [-0.05, 0) is 22.0 Å². The van der Waals surface area contributed by atoms with E-state index in [2.05, 4.69) is 20.9 Å². The summed E-state index contributed by atoms with van der Waals surface area (Å²) in [5, 5.41) is 9.00. The van der Waals surface area contributed by atoms with Crippen LogP contribution >= 0.6 is 27.7 Å². The lowest BCUT2D eigenvalue weighted by molar-refractivity contribution is -0.140. The number of nitrogens with zero attached hydrogens (tertiary/aromatic N) is 2. The maximum atomic E-state index is 12.3. The molecule has 0 aliphatic carbocycles. The number of aromatic nitrogens is 1. The van der Waals surface area contributed by atoms with Crippen molar-refractivity contribution in [2.75, 3.05) is 11.6 Å². The molecule has 1 fully saturated rings. The van der Waals surface area contributed by atoms with Crippen molar-refractivity contribution in [1.82, 2.24) is 9.29 Å². The minimum atomic E-state index is -3.82. The van der Waals surface area contributed by atoms with Crippen LogP contribution in [0.3, 0.4) is 0 Å². The average molecular weight is 353 g/mol. The highest BCUT2D eigenvalue weighted by Gasteiger charge is 2.40. The number of carboxylic acid groups (broad SMARTS) is 1. The SMILES string of the molecule is O=C(O)[C@@H]1CSCN1S(=O)(=O)c1cncc(Br)c1. The summed E-state index contributed by atoms with van der Waals surface area (Å²) in [6, 6.07) is 0.392. The molecule has 0 radical (unpaired) electrons. The van der Waals surface area contributed by atoms with Crippen LogP contribution in [-0.4, -0.2) is 46.5 Å². The predicted octanol–water partition coefficient (Wildman–Crippen LogP) is 0.992. The lowest BCUT2D eigenvalue weighted by atomic mass is 10.4. The number of rotatable bonds is 3. The molecule has 18 heavy (non-hydrogen) atoms. The van der Waals surface area contributed by atoms with Crippen molar-refractivity contribution in [3.05, 3.63) is 22.9 Å². The molecule has 9 heteroatoms. The molecule has 1 saturated heterocycles. The van der Waals surface area contributed by atoms with E-state index in [-0.39, 0.29) is 16.5 Å². The molecule has 1 aromatic heterocycles. The first-order chi connectivity index (χ1) is 8.43. The van der Waals surface area contributed by atoms with E-state index >= 15 is 0 Å². The fraction of sp³-hybridized carbons (Fsp3) is 0.333. The summed E-state index contributed by atoms with van der Waals surface area (Å²) in [6.07, 6.45) is 2.68. The van der Waals surface area contributed by atoms with Crippen LogP contribution in [0, 0.1) is 0 Å². The molecular weight excluding hydrogens is 344 g/mol. The summed E-state index contributed by atoms with van der Waals surface area (Å²) < 4.78 is 26.1. The Morgan fingerprint density at radius 3 is 2.89 bits per heavy atom. The van der Waals surface area contributed by atoms with Gasteiger partial charge in [-0.25, -0.2) is 8.42 Å². The van der Waals surface area contributed by atoms with Gasteiger partial charge in [-0.15, -0.1) is 11.8 Å². The third kappa shape index (κ3) is 2.53. The highest BCUT2D eigenvalue weighted by molar-refractivity contribution is 9.10. The predicted molar refractivity (Wildman–Crippen MR) is 69.7 cm³/mol. The molecule has 0 saturated carbocycles. The van der Waals surface area contributed by atoms with Crippen molar-refractivity contribution in [2.45, 2.75) is 10.9 Å². The maximum absolute atomic E-state index is 12.3. The van der Waals surface area contributed by atoms with E-state index < -0.39 is 22.0 Å². The number of aliphatic carboxylic acids is 1. The van der Waals surface area contributed by atoms with E-state index in [4.69, 9.17) is 5.11 Å². The largest absolute Gasteiger partial charge is 0.480 e. The summed E-state index contributed by atoms with van der Waals surface area (Å²) in [6.45, 7) is 0. The quantitative estimate of drug-likeness (QED) is 0.872. The van der Waals surface area contributed by atoms with Gasteiger partial charge in [0.1, 0.15) is 10.9 Å². The number of carboxylic acids is 1. The molecule has 6 nitrogen and oxygen atoms in total. The first-order valence-electron chi connectivity index (χ1n) is 4.86. The van der Waals surface area contributed by atoms with Crippen LogP contribution in [0.5, 0.6) is 0 Å². The Morgan fingerprint density at radius 2 is 2.28 bits per heavy atom. The van der Waals surface area contributed by atoms with Gasteiger partial charge in [-0.1, -0.05) is 0 Å². The van der Waals surface area contributed by atoms with Crippen LogP contribution < -0.4 is 0 Å². The van der Waals surface area contributed by atoms with E-state index in [1.54, 1.807) is 0 Å². The molecule has 2 rings (SSSR count). The molecule has 0 unspecified atom stereocenters. The molecule has 0 aromatic carbocycles. The molecular formula is C9H9BrN2O4S2. The van der Waals surface area contributed by atoms with Gasteiger partial charge in [0, 0.05) is 22.6 Å². The number of carbonyl (C=O) groups is 1. The molecule has 1 atom stereocenters. The lowest BCUT2D eigenvalue weighted by Crippen LogP contribution is -2.41. The number of hydrogen-bond donors (Lipinski definition) is 1. The summed E-state index contributed by atoms with van der Waals surface area (Å²) in [7, 11) is -3.82. The van der Waals surface area contributed by atoms with Crippen molar-refractivity contribution >= 4 is 43.7 Å². The van der Waals surface area contributed by atoms with E-state index in [9.17, 15) is 13.2 Å². The standard InChI is InChI=1S/C9H9BrN2O4S2/c10-6-1-7(3-11-2-6)18(15,16)12-5-17-4-8(12)9(13)14/h1-3,8H,4-5H2,(H,13,14)/t8-/m0/s1. The van der Waals surface area contributed by atoms with E-state index in [1.165, 1.54) is 30.2 Å². The molecule has 0 spiro atoms. The zero-order chi connectivity index (χ0) is 13.3. The Kier molecular flexibility index (Phi) is 3.95. The number of thioether (sulfide) groups is 1. The topological polar surface area (TPSA) is 87.6 Å². The Balaban J connectivity index is 2.40. The fourth-order valence-electron chi connectivity index (χ4n) is 1.53. The second kappa shape index (κ2) is 5.16. The van der Waals surface area contributed by atoms with E-state index in [0.717, 1.165) is 4.31 Å². The molecule has 1 aliphatic heterocycles. The summed E-state index contributed by atoms with van der Waals surface area (Å²) in [4.78, 5) is 14.8. The second-order valence-corrected chi connectivity index (χ2v) is 7.39. The summed E-state index contributed by atoms with van der Waals surface area (Å²) in [5.74, 6) is -0.728. The van der Waals surface area contributed by atoms with E-state index in [1.807, 2.05) is 0 Å². The molecule has 2 heterocycles. The van der Waals surface area contributed by atoms with Crippen LogP contribution in [0.25, 0.3) is 0 Å². The number of pyridine rings is 1. The highest BCUT2D eigenvalue weighted by Crippen LogP contribution is 2.28. The lowest BCUT2D eigenvalue weighted by Gasteiger charge is -2.19. The third-order valence-electron chi connectivity index (χ3n) is 2.41. The first-order valence-corrected chi connectivity index (χ1v) is 8.24. The van der Waals surface area contributed by atoms with Gasteiger partial charge in [0.2, 0.25) is 10.0 Å². The Bertz CT molecular complexity index is 578. The molecule has 1 N–H and O–H groups in total. The van der Waals surface area contributed by atoms with E-state index in [0.29, 0.717) is 4.47 Å². The van der Waals surface area contributed by atoms with Crippen molar-refractivity contribution in [3.63, 3.8) is 0 Å². The van der Waals surface area contributed by atoms with Crippen molar-refractivity contribution in [1.29, 1.82) is 0 Å². The Morgan fingerprint density at radius 1 is 1.56 bits per heavy atom. The monoisotopic (exact) mass is 352 g/mol. The van der Waals surface area contributed by atoms with Gasteiger partial charge in [0.25, 0.3) is 0 Å². The van der Waals surface area contributed by atoms with Gasteiger partial charge >= 0.3 is 5.97 Å². The highest BCUT2D eigenvalue weighted by atomic mass is 79.9. The normalized spacial score (nSPS) is 21.1. The maximum Gasteiger partial charge on any atom is 0.322 e. The van der Waals surface area contributed by atoms with Crippen molar-refractivity contribution < 1.29 is 18.3 Å². The van der Waals surface area contributed by atoms with Gasteiger partial charge < -0.3 is 5.11 Å². The smallest absolute Gasteiger partial charge is 0.322 e. The summed E-state index contributed by atoms with van der Waals surface area (Å²) >= 11 is 4.42.